The molecule has 1 aromatic heterocycles. The van der Waals surface area contributed by atoms with Crippen LogP contribution in [0.3, 0.4) is 0 Å². The van der Waals surface area contributed by atoms with Crippen LogP contribution in [-0.4, -0.2) is 20.1 Å². The van der Waals surface area contributed by atoms with Gasteiger partial charge in [-0.25, -0.2) is 0 Å². The van der Waals surface area contributed by atoms with Gasteiger partial charge in [0.2, 0.25) is 0 Å². The minimum absolute atomic E-state index is 0.000618. The molecule has 0 fully saturated rings. The summed E-state index contributed by atoms with van der Waals surface area (Å²) in [5.41, 5.74) is 1.57. The predicted molar refractivity (Wildman–Crippen MR) is 82.8 cm³/mol. The van der Waals surface area contributed by atoms with Crippen molar-refractivity contribution in [1.29, 1.82) is 0 Å². The van der Waals surface area contributed by atoms with Crippen molar-refractivity contribution in [3.63, 3.8) is 0 Å². The predicted octanol–water partition coefficient (Wildman–Crippen LogP) is 3.64. The lowest BCUT2D eigenvalue weighted by molar-refractivity contribution is 0.0993. The molecule has 0 atom stereocenters. The van der Waals surface area contributed by atoms with E-state index in [1.165, 1.54) is 0 Å². The van der Waals surface area contributed by atoms with Crippen LogP contribution in [-0.2, 0) is 0 Å². The molecule has 0 radical (unpaired) electrons. The summed E-state index contributed by atoms with van der Waals surface area (Å²) in [5, 5.41) is 1.88. The van der Waals surface area contributed by atoms with Crippen LogP contribution in [0.1, 0.15) is 10.4 Å². The summed E-state index contributed by atoms with van der Waals surface area (Å²) in [6, 6.07) is 9.32. The maximum atomic E-state index is 12.2. The number of carbonyl (C=O) groups is 1. The standard InChI is InChI=1S/C13H12INO2S/c1-15(10-3-5-11(17-2)6-4-10)13(16)9-7-12(14)18-8-9/h3-8H,1-2H3. The van der Waals surface area contributed by atoms with Crippen molar-refractivity contribution in [2.24, 2.45) is 0 Å². The van der Waals surface area contributed by atoms with Crippen LogP contribution < -0.4 is 9.64 Å². The fourth-order valence-electron chi connectivity index (χ4n) is 1.54. The van der Waals surface area contributed by atoms with E-state index in [1.54, 1.807) is 30.4 Å². The highest BCUT2D eigenvalue weighted by Gasteiger charge is 2.14. The highest BCUT2D eigenvalue weighted by Crippen LogP contribution is 2.22. The number of ether oxygens (including phenoxy) is 1. The van der Waals surface area contributed by atoms with Crippen molar-refractivity contribution >= 4 is 45.5 Å². The Kier molecular flexibility index (Phi) is 4.23. The number of halogens is 1. The van der Waals surface area contributed by atoms with Gasteiger partial charge >= 0.3 is 0 Å². The Labute approximate surface area is 124 Å². The molecular weight excluding hydrogens is 361 g/mol. The minimum Gasteiger partial charge on any atom is -0.497 e. The molecule has 0 saturated carbocycles. The third-order valence-electron chi connectivity index (χ3n) is 2.58. The quantitative estimate of drug-likeness (QED) is 0.769. The van der Waals surface area contributed by atoms with Crippen LogP contribution in [0.5, 0.6) is 5.75 Å². The summed E-state index contributed by atoms with van der Waals surface area (Å²) < 4.78 is 6.20. The second-order valence-electron chi connectivity index (χ2n) is 3.70. The summed E-state index contributed by atoms with van der Waals surface area (Å²) >= 11 is 3.78. The number of benzene rings is 1. The Morgan fingerprint density at radius 3 is 2.50 bits per heavy atom. The molecule has 3 nitrogen and oxygen atoms in total. The monoisotopic (exact) mass is 373 g/mol. The molecule has 0 spiro atoms. The van der Waals surface area contributed by atoms with Crippen LogP contribution in [0.2, 0.25) is 0 Å². The maximum Gasteiger partial charge on any atom is 0.258 e. The zero-order valence-corrected chi connectivity index (χ0v) is 13.0. The normalized spacial score (nSPS) is 10.2. The van der Waals surface area contributed by atoms with Crippen molar-refractivity contribution in [3.8, 4) is 5.75 Å². The molecule has 0 aliphatic rings. The fourth-order valence-corrected chi connectivity index (χ4v) is 2.86. The second-order valence-corrected chi connectivity index (χ2v) is 6.51. The Bertz CT molecular complexity index is 550. The lowest BCUT2D eigenvalue weighted by atomic mass is 10.2. The van der Waals surface area contributed by atoms with E-state index in [0.717, 1.165) is 19.9 Å². The first-order valence-corrected chi connectivity index (χ1v) is 7.24. The maximum absolute atomic E-state index is 12.2. The van der Waals surface area contributed by atoms with Gasteiger partial charge in [0, 0.05) is 18.1 Å². The molecule has 0 saturated heterocycles. The summed E-state index contributed by atoms with van der Waals surface area (Å²) in [6.07, 6.45) is 0. The number of amides is 1. The molecule has 0 bridgehead atoms. The Morgan fingerprint density at radius 1 is 1.33 bits per heavy atom. The van der Waals surface area contributed by atoms with Crippen molar-refractivity contribution in [1.82, 2.24) is 0 Å². The second kappa shape index (κ2) is 5.71. The zero-order chi connectivity index (χ0) is 13.1. The lowest BCUT2D eigenvalue weighted by Crippen LogP contribution is -2.25. The van der Waals surface area contributed by atoms with Crippen molar-refractivity contribution in [2.75, 3.05) is 19.1 Å². The minimum atomic E-state index is -0.000618. The summed E-state index contributed by atoms with van der Waals surface area (Å²) in [6.45, 7) is 0. The number of thiophene rings is 1. The SMILES string of the molecule is COc1ccc(N(C)C(=O)c2csc(I)c2)cc1. The van der Waals surface area contributed by atoms with Gasteiger partial charge in [-0.3, -0.25) is 4.79 Å². The summed E-state index contributed by atoms with van der Waals surface area (Å²) in [5.74, 6) is 0.781. The van der Waals surface area contributed by atoms with Gasteiger partial charge in [-0.05, 0) is 52.9 Å². The molecule has 2 aromatic rings. The number of carbonyl (C=O) groups excluding carboxylic acids is 1. The molecule has 1 heterocycles. The molecule has 5 heteroatoms. The Balaban J connectivity index is 2.19. The third kappa shape index (κ3) is 2.84. The first kappa shape index (κ1) is 13.4. The van der Waals surface area contributed by atoms with Crippen molar-refractivity contribution < 1.29 is 9.53 Å². The Morgan fingerprint density at radius 2 is 2.00 bits per heavy atom. The molecule has 0 unspecified atom stereocenters. The van der Waals surface area contributed by atoms with Crippen molar-refractivity contribution in [3.05, 3.63) is 44.2 Å². The smallest absolute Gasteiger partial charge is 0.258 e. The van der Waals surface area contributed by atoms with E-state index in [1.807, 2.05) is 35.7 Å². The van der Waals surface area contributed by atoms with Crippen molar-refractivity contribution in [2.45, 2.75) is 0 Å². The van der Waals surface area contributed by atoms with Gasteiger partial charge in [-0.1, -0.05) is 0 Å². The topological polar surface area (TPSA) is 29.5 Å². The molecule has 1 amide bonds. The molecular formula is C13H12INO2S. The molecule has 18 heavy (non-hydrogen) atoms. The van der Waals surface area contributed by atoms with E-state index in [2.05, 4.69) is 22.6 Å². The van der Waals surface area contributed by atoms with Gasteiger partial charge in [-0.15, -0.1) is 11.3 Å². The van der Waals surface area contributed by atoms with E-state index in [9.17, 15) is 4.79 Å². The van der Waals surface area contributed by atoms with Gasteiger partial charge in [0.05, 0.1) is 15.6 Å². The molecule has 1 aromatic carbocycles. The molecule has 0 aliphatic carbocycles. The average molecular weight is 373 g/mol. The Hall–Kier alpha value is -1.08. The number of methoxy groups -OCH3 is 1. The van der Waals surface area contributed by atoms with E-state index in [0.29, 0.717) is 0 Å². The van der Waals surface area contributed by atoms with Crippen LogP contribution in [0.25, 0.3) is 0 Å². The summed E-state index contributed by atoms with van der Waals surface area (Å²) in [4.78, 5) is 13.8. The number of nitrogens with zero attached hydrogens (tertiary/aromatic N) is 1. The molecule has 2 rings (SSSR count). The van der Waals surface area contributed by atoms with E-state index in [4.69, 9.17) is 4.74 Å². The van der Waals surface area contributed by atoms with Gasteiger partial charge < -0.3 is 9.64 Å². The number of hydrogen-bond donors (Lipinski definition) is 0. The van der Waals surface area contributed by atoms with E-state index >= 15 is 0 Å². The molecule has 94 valence electrons. The number of anilines is 1. The van der Waals surface area contributed by atoms with Crippen LogP contribution in [0, 0.1) is 2.88 Å². The summed E-state index contributed by atoms with van der Waals surface area (Å²) in [7, 11) is 3.39. The highest BCUT2D eigenvalue weighted by atomic mass is 127. The largest absolute Gasteiger partial charge is 0.497 e. The highest BCUT2D eigenvalue weighted by molar-refractivity contribution is 14.1. The van der Waals surface area contributed by atoms with Crippen LogP contribution >= 0.6 is 33.9 Å². The number of hydrogen-bond acceptors (Lipinski definition) is 3. The van der Waals surface area contributed by atoms with Gasteiger partial charge in [0.1, 0.15) is 5.75 Å². The number of rotatable bonds is 3. The molecule has 0 N–H and O–H groups in total. The van der Waals surface area contributed by atoms with E-state index in [-0.39, 0.29) is 5.91 Å². The van der Waals surface area contributed by atoms with Crippen LogP contribution in [0.15, 0.2) is 35.7 Å². The lowest BCUT2D eigenvalue weighted by Gasteiger charge is -2.16. The average Bonchev–Trinajstić information content (AvgIpc) is 2.84. The van der Waals surface area contributed by atoms with Crippen LogP contribution in [0.4, 0.5) is 5.69 Å². The third-order valence-corrected chi connectivity index (χ3v) is 4.37. The van der Waals surface area contributed by atoms with Gasteiger partial charge in [-0.2, -0.15) is 0 Å². The van der Waals surface area contributed by atoms with Gasteiger partial charge in [0.25, 0.3) is 5.91 Å². The first-order valence-electron chi connectivity index (χ1n) is 5.28. The molecule has 0 aliphatic heterocycles. The van der Waals surface area contributed by atoms with E-state index < -0.39 is 0 Å². The zero-order valence-electron chi connectivity index (χ0n) is 10.0. The fraction of sp³-hybridized carbons (Fsp3) is 0.154. The first-order chi connectivity index (χ1) is 8.61. The van der Waals surface area contributed by atoms with Gasteiger partial charge in [0.15, 0.2) is 0 Å².